The summed E-state index contributed by atoms with van der Waals surface area (Å²) >= 11 is 0. The van der Waals surface area contributed by atoms with E-state index in [1.807, 2.05) is 0 Å². The first-order chi connectivity index (χ1) is 8.92. The molecule has 1 saturated carbocycles. The predicted molar refractivity (Wildman–Crippen MR) is 78.3 cm³/mol. The van der Waals surface area contributed by atoms with Gasteiger partial charge in [-0.1, -0.05) is 13.3 Å². The summed E-state index contributed by atoms with van der Waals surface area (Å²) in [6, 6.07) is 0. The number of hydrogen-bond donors (Lipinski definition) is 2. The average Bonchev–Trinajstić information content (AvgIpc) is 2.70. The van der Waals surface area contributed by atoms with E-state index in [0.29, 0.717) is 6.10 Å². The summed E-state index contributed by atoms with van der Waals surface area (Å²) in [7, 11) is 0. The van der Waals surface area contributed by atoms with E-state index in [4.69, 9.17) is 4.74 Å². The highest BCUT2D eigenvalue weighted by molar-refractivity contribution is 4.88. The van der Waals surface area contributed by atoms with Crippen molar-refractivity contribution >= 4 is 0 Å². The lowest BCUT2D eigenvalue weighted by Gasteiger charge is -2.36. The maximum Gasteiger partial charge on any atom is 0.0771 e. The monoisotopic (exact) mass is 269 g/mol. The molecule has 2 N–H and O–H groups in total. The van der Waals surface area contributed by atoms with Crippen molar-refractivity contribution in [3.05, 3.63) is 0 Å². The molecule has 2 aliphatic rings. The Bertz CT molecular complexity index is 282. The Morgan fingerprint density at radius 1 is 1.16 bits per heavy atom. The third-order valence-corrected chi connectivity index (χ3v) is 4.99. The van der Waals surface area contributed by atoms with E-state index in [9.17, 15) is 5.11 Å². The molecule has 112 valence electrons. The van der Waals surface area contributed by atoms with Gasteiger partial charge in [-0.3, -0.25) is 0 Å². The Labute approximate surface area is 118 Å². The molecule has 19 heavy (non-hydrogen) atoms. The average molecular weight is 269 g/mol. The zero-order valence-electron chi connectivity index (χ0n) is 12.9. The highest BCUT2D eigenvalue weighted by Gasteiger charge is 2.34. The van der Waals surface area contributed by atoms with Crippen molar-refractivity contribution in [1.82, 2.24) is 5.32 Å². The van der Waals surface area contributed by atoms with Crippen molar-refractivity contribution in [1.29, 1.82) is 0 Å². The molecule has 3 heteroatoms. The fourth-order valence-electron chi connectivity index (χ4n) is 3.49. The van der Waals surface area contributed by atoms with Crippen LogP contribution in [0.5, 0.6) is 0 Å². The van der Waals surface area contributed by atoms with Gasteiger partial charge in [0, 0.05) is 13.1 Å². The van der Waals surface area contributed by atoms with Gasteiger partial charge in [0.1, 0.15) is 0 Å². The molecule has 2 rings (SSSR count). The van der Waals surface area contributed by atoms with Crippen molar-refractivity contribution in [3.8, 4) is 0 Å². The van der Waals surface area contributed by atoms with E-state index >= 15 is 0 Å². The van der Waals surface area contributed by atoms with E-state index in [2.05, 4.69) is 26.1 Å². The highest BCUT2D eigenvalue weighted by Crippen LogP contribution is 2.33. The Balaban J connectivity index is 1.66. The van der Waals surface area contributed by atoms with Gasteiger partial charge >= 0.3 is 0 Å². The van der Waals surface area contributed by atoms with Crippen molar-refractivity contribution in [2.45, 2.75) is 83.0 Å². The lowest BCUT2D eigenvalue weighted by molar-refractivity contribution is -0.0268. The lowest BCUT2D eigenvalue weighted by Crippen LogP contribution is -2.45. The van der Waals surface area contributed by atoms with Crippen LogP contribution in [0.15, 0.2) is 0 Å². The topological polar surface area (TPSA) is 41.5 Å². The summed E-state index contributed by atoms with van der Waals surface area (Å²) in [5.74, 6) is 0.833. The first-order valence-corrected chi connectivity index (χ1v) is 8.03. The van der Waals surface area contributed by atoms with Gasteiger partial charge in [-0.15, -0.1) is 0 Å². The van der Waals surface area contributed by atoms with Gasteiger partial charge in [0.2, 0.25) is 0 Å². The molecule has 0 radical (unpaired) electrons. The van der Waals surface area contributed by atoms with Crippen LogP contribution >= 0.6 is 0 Å². The Morgan fingerprint density at radius 3 is 2.37 bits per heavy atom. The molecular formula is C16H31NO2. The molecular weight excluding hydrogens is 238 g/mol. The second-order valence-electron chi connectivity index (χ2n) is 7.25. The molecule has 1 unspecified atom stereocenters. The maximum atomic E-state index is 10.6. The standard InChI is InChI=1S/C16H31NO2/c1-4-13-5-9-16(18,10-6-13)12-17-11-14-7-8-15(2,3)19-14/h13-14,17-18H,4-12H2,1-3H3. The zero-order chi connectivity index (χ0) is 13.9. The molecule has 1 saturated heterocycles. The van der Waals surface area contributed by atoms with Crippen LogP contribution in [0.2, 0.25) is 0 Å². The smallest absolute Gasteiger partial charge is 0.0771 e. The van der Waals surface area contributed by atoms with Crippen molar-refractivity contribution in [3.63, 3.8) is 0 Å². The highest BCUT2D eigenvalue weighted by atomic mass is 16.5. The fourth-order valence-corrected chi connectivity index (χ4v) is 3.49. The third kappa shape index (κ3) is 4.44. The lowest BCUT2D eigenvalue weighted by atomic mass is 9.78. The Morgan fingerprint density at radius 2 is 1.84 bits per heavy atom. The minimum Gasteiger partial charge on any atom is -0.389 e. The van der Waals surface area contributed by atoms with Crippen molar-refractivity contribution in [2.75, 3.05) is 13.1 Å². The number of rotatable bonds is 5. The van der Waals surface area contributed by atoms with Crippen molar-refractivity contribution in [2.24, 2.45) is 5.92 Å². The SMILES string of the molecule is CCC1CCC(O)(CNCC2CCC(C)(C)O2)CC1. The molecule has 1 aliphatic carbocycles. The molecule has 1 atom stereocenters. The van der Waals surface area contributed by atoms with Crippen LogP contribution in [-0.2, 0) is 4.74 Å². The van der Waals surface area contributed by atoms with Crippen LogP contribution in [-0.4, -0.2) is 35.5 Å². The summed E-state index contributed by atoms with van der Waals surface area (Å²) in [6.07, 6.45) is 8.13. The summed E-state index contributed by atoms with van der Waals surface area (Å²) in [5, 5.41) is 14.0. The minimum absolute atomic E-state index is 0.0441. The summed E-state index contributed by atoms with van der Waals surface area (Å²) in [6.45, 7) is 8.18. The van der Waals surface area contributed by atoms with E-state index in [1.54, 1.807) is 0 Å². The predicted octanol–water partition coefficient (Wildman–Crippen LogP) is 2.86. The Hall–Kier alpha value is -0.120. The van der Waals surface area contributed by atoms with Gasteiger partial charge < -0.3 is 15.2 Å². The molecule has 0 amide bonds. The Kier molecular flexibility index (Phi) is 4.91. The fraction of sp³-hybridized carbons (Fsp3) is 1.00. The molecule has 1 aliphatic heterocycles. The first kappa shape index (κ1) is 15.3. The summed E-state index contributed by atoms with van der Waals surface area (Å²) in [4.78, 5) is 0. The summed E-state index contributed by atoms with van der Waals surface area (Å²) in [5.41, 5.74) is -0.428. The number of nitrogens with one attached hydrogen (secondary N) is 1. The molecule has 0 aromatic rings. The maximum absolute atomic E-state index is 10.6. The van der Waals surface area contributed by atoms with Crippen LogP contribution < -0.4 is 5.32 Å². The van der Waals surface area contributed by atoms with E-state index < -0.39 is 5.60 Å². The number of aliphatic hydroxyl groups is 1. The van der Waals surface area contributed by atoms with E-state index in [-0.39, 0.29) is 5.60 Å². The third-order valence-electron chi connectivity index (χ3n) is 4.99. The van der Waals surface area contributed by atoms with E-state index in [1.165, 1.54) is 19.3 Å². The van der Waals surface area contributed by atoms with Gasteiger partial charge in [0.25, 0.3) is 0 Å². The summed E-state index contributed by atoms with van der Waals surface area (Å²) < 4.78 is 5.96. The largest absolute Gasteiger partial charge is 0.389 e. The van der Waals surface area contributed by atoms with Crippen LogP contribution in [0.1, 0.15) is 65.7 Å². The van der Waals surface area contributed by atoms with Crippen LogP contribution in [0.25, 0.3) is 0 Å². The molecule has 0 aromatic heterocycles. The second-order valence-corrected chi connectivity index (χ2v) is 7.25. The number of hydrogen-bond acceptors (Lipinski definition) is 3. The van der Waals surface area contributed by atoms with Gasteiger partial charge in [-0.2, -0.15) is 0 Å². The number of ether oxygens (including phenoxy) is 1. The van der Waals surface area contributed by atoms with Crippen molar-refractivity contribution < 1.29 is 9.84 Å². The van der Waals surface area contributed by atoms with Gasteiger partial charge in [0.15, 0.2) is 0 Å². The molecule has 3 nitrogen and oxygen atoms in total. The second kappa shape index (κ2) is 6.11. The molecule has 0 bridgehead atoms. The van der Waals surface area contributed by atoms with E-state index in [0.717, 1.165) is 44.7 Å². The normalized spacial score (nSPS) is 38.5. The minimum atomic E-state index is -0.472. The first-order valence-electron chi connectivity index (χ1n) is 8.03. The molecule has 0 aromatic carbocycles. The molecule has 1 heterocycles. The quantitative estimate of drug-likeness (QED) is 0.806. The molecule has 0 spiro atoms. The molecule has 2 fully saturated rings. The van der Waals surface area contributed by atoms with Crippen LogP contribution in [0, 0.1) is 5.92 Å². The van der Waals surface area contributed by atoms with Gasteiger partial charge in [0.05, 0.1) is 17.3 Å². The van der Waals surface area contributed by atoms with Crippen LogP contribution in [0.4, 0.5) is 0 Å². The van der Waals surface area contributed by atoms with Gasteiger partial charge in [-0.05, 0) is 58.3 Å². The van der Waals surface area contributed by atoms with Gasteiger partial charge in [-0.25, -0.2) is 0 Å². The van der Waals surface area contributed by atoms with Crippen LogP contribution in [0.3, 0.4) is 0 Å². The zero-order valence-corrected chi connectivity index (χ0v) is 12.9.